The summed E-state index contributed by atoms with van der Waals surface area (Å²) in [5, 5.41) is 0. The van der Waals surface area contributed by atoms with Crippen LogP contribution in [0.25, 0.3) is 0 Å². The van der Waals surface area contributed by atoms with Gasteiger partial charge in [0.25, 0.3) is 0 Å². The number of hydrogen-bond acceptors (Lipinski definition) is 3. The first-order valence-corrected chi connectivity index (χ1v) is 14.9. The zero-order valence-electron chi connectivity index (χ0n) is 21.6. The summed E-state index contributed by atoms with van der Waals surface area (Å²) in [6.45, 7) is 8.27. The van der Waals surface area contributed by atoms with E-state index < -0.39 is 8.80 Å². The van der Waals surface area contributed by atoms with Gasteiger partial charge in [-0.15, -0.1) is 0 Å². The van der Waals surface area contributed by atoms with Crippen molar-refractivity contribution in [2.24, 2.45) is 0 Å². The molecule has 0 rings (SSSR count). The van der Waals surface area contributed by atoms with E-state index in [2.05, 4.69) is 20.9 Å². The molecule has 0 N–H and O–H groups in total. The molecule has 0 aliphatic rings. The summed E-state index contributed by atoms with van der Waals surface area (Å²) >= 11 is 0. The van der Waals surface area contributed by atoms with Gasteiger partial charge in [0, 0.05) is 33.8 Å². The molecule has 0 saturated carbocycles. The average Bonchev–Trinajstić information content (AvgIpc) is 2.77. The van der Waals surface area contributed by atoms with E-state index in [1.165, 1.54) is 110 Å². The first-order chi connectivity index (χ1) is 14.5. The zero-order chi connectivity index (χ0) is 22.6. The zero-order valence-corrected chi connectivity index (χ0v) is 22.6. The Balaban J connectivity index is 3.67. The molecule has 0 amide bonds. The smallest absolute Gasteiger partial charge is 0.377 e. The second-order valence-electron chi connectivity index (χ2n) is 9.38. The second kappa shape index (κ2) is 19.7. The van der Waals surface area contributed by atoms with Crippen LogP contribution in [0.1, 0.15) is 110 Å². The molecule has 1 atom stereocenters. The van der Waals surface area contributed by atoms with Crippen LogP contribution in [0.4, 0.5) is 0 Å². The van der Waals surface area contributed by atoms with Gasteiger partial charge in [-0.1, -0.05) is 84.0 Å². The lowest BCUT2D eigenvalue weighted by molar-refractivity contribution is -0.908. The summed E-state index contributed by atoms with van der Waals surface area (Å²) in [5.41, 5.74) is 0. The van der Waals surface area contributed by atoms with E-state index in [-0.39, 0.29) is 0 Å². The number of hydrogen-bond donors (Lipinski definition) is 0. The van der Waals surface area contributed by atoms with Gasteiger partial charge in [-0.05, 0) is 19.8 Å². The highest BCUT2D eigenvalue weighted by molar-refractivity contribution is 6.60. The fraction of sp³-hybridized carbons (Fsp3) is 1.00. The molecule has 0 aromatic carbocycles. The highest BCUT2D eigenvalue weighted by Gasteiger charge is 2.38. The van der Waals surface area contributed by atoms with Crippen LogP contribution in [-0.4, -0.2) is 61.3 Å². The Bertz CT molecular complexity index is 358. The van der Waals surface area contributed by atoms with Crippen LogP contribution >= 0.6 is 0 Å². The third-order valence-corrected chi connectivity index (χ3v) is 9.76. The van der Waals surface area contributed by atoms with Crippen LogP contribution in [0, 0.1) is 0 Å². The van der Waals surface area contributed by atoms with Crippen molar-refractivity contribution in [2.45, 2.75) is 116 Å². The molecule has 1 unspecified atom stereocenters. The van der Waals surface area contributed by atoms with Crippen LogP contribution in [0.3, 0.4) is 0 Å². The molecule has 0 heterocycles. The molecule has 0 saturated heterocycles. The van der Waals surface area contributed by atoms with Crippen molar-refractivity contribution in [2.75, 3.05) is 48.0 Å². The topological polar surface area (TPSA) is 27.7 Å². The predicted octanol–water partition coefficient (Wildman–Crippen LogP) is 7.20. The van der Waals surface area contributed by atoms with Crippen molar-refractivity contribution in [1.82, 2.24) is 0 Å². The molecule has 0 radical (unpaired) electrons. The van der Waals surface area contributed by atoms with Gasteiger partial charge in [0.2, 0.25) is 0 Å². The molecular formula is C25H56NO3Si+. The Kier molecular flexibility index (Phi) is 19.8. The van der Waals surface area contributed by atoms with Crippen molar-refractivity contribution in [3.8, 4) is 0 Å². The van der Waals surface area contributed by atoms with Gasteiger partial charge in [-0.25, -0.2) is 0 Å². The van der Waals surface area contributed by atoms with Crippen molar-refractivity contribution in [3.05, 3.63) is 0 Å². The van der Waals surface area contributed by atoms with E-state index in [1.54, 1.807) is 21.3 Å². The van der Waals surface area contributed by atoms with E-state index in [4.69, 9.17) is 13.3 Å². The summed E-state index contributed by atoms with van der Waals surface area (Å²) in [6, 6.07) is 0.906. The number of quaternary nitrogens is 1. The largest absolute Gasteiger partial charge is 0.500 e. The average molecular weight is 447 g/mol. The lowest BCUT2D eigenvalue weighted by atomic mass is 10.0. The molecular weight excluding hydrogens is 390 g/mol. The predicted molar refractivity (Wildman–Crippen MR) is 133 cm³/mol. The van der Waals surface area contributed by atoms with Crippen LogP contribution in [0.2, 0.25) is 6.04 Å². The third-order valence-electron chi connectivity index (χ3n) is 6.93. The molecule has 30 heavy (non-hydrogen) atoms. The molecule has 182 valence electrons. The first-order valence-electron chi connectivity index (χ1n) is 13.0. The highest BCUT2D eigenvalue weighted by atomic mass is 28.4. The van der Waals surface area contributed by atoms with Crippen LogP contribution in [-0.2, 0) is 13.3 Å². The van der Waals surface area contributed by atoms with Crippen molar-refractivity contribution >= 4 is 8.80 Å². The summed E-state index contributed by atoms with van der Waals surface area (Å²) in [7, 11) is 5.12. The minimum Gasteiger partial charge on any atom is -0.377 e. The summed E-state index contributed by atoms with van der Waals surface area (Å²) in [4.78, 5) is 0. The first kappa shape index (κ1) is 30.1. The van der Waals surface area contributed by atoms with Crippen molar-refractivity contribution in [3.63, 3.8) is 0 Å². The summed E-state index contributed by atoms with van der Waals surface area (Å²) in [5.74, 6) is 0. The van der Waals surface area contributed by atoms with Gasteiger partial charge in [-0.3, -0.25) is 0 Å². The minimum absolute atomic E-state index is 0.906. The Morgan fingerprint density at radius 2 is 0.900 bits per heavy atom. The minimum atomic E-state index is -2.41. The molecule has 0 aliphatic heterocycles. The van der Waals surface area contributed by atoms with E-state index in [0.29, 0.717) is 0 Å². The standard InChI is InChI=1S/C25H56NO3Si/c1-7-9-10-11-12-13-14-15-16-17-18-19-20-21-23-26(3,8-2)24-22-25-30(27-4,28-5)29-6/h7-25H2,1-6H3/q+1. The van der Waals surface area contributed by atoms with Crippen molar-refractivity contribution < 1.29 is 17.8 Å². The lowest BCUT2D eigenvalue weighted by Crippen LogP contribution is -2.47. The third kappa shape index (κ3) is 15.0. The fourth-order valence-electron chi connectivity index (χ4n) is 4.35. The normalized spacial score (nSPS) is 14.2. The van der Waals surface area contributed by atoms with Crippen LogP contribution in [0.5, 0.6) is 0 Å². The fourth-order valence-corrected chi connectivity index (χ4v) is 6.05. The number of unbranched alkanes of at least 4 members (excludes halogenated alkanes) is 13. The lowest BCUT2D eigenvalue weighted by Gasteiger charge is -2.34. The monoisotopic (exact) mass is 446 g/mol. The van der Waals surface area contributed by atoms with Crippen molar-refractivity contribution in [1.29, 1.82) is 0 Å². The SMILES string of the molecule is CCCCCCCCCCCCCCCC[N+](C)(CC)CCC[Si](OC)(OC)OC. The quantitative estimate of drug-likeness (QED) is 0.0943. The molecule has 0 aliphatic carbocycles. The molecule has 4 nitrogen and oxygen atoms in total. The molecule has 0 spiro atoms. The number of nitrogens with zero attached hydrogens (tertiary/aromatic N) is 1. The van der Waals surface area contributed by atoms with E-state index in [1.807, 2.05) is 0 Å². The maximum atomic E-state index is 5.56. The Labute approximate surface area is 191 Å². The van der Waals surface area contributed by atoms with E-state index >= 15 is 0 Å². The Morgan fingerprint density at radius 1 is 0.533 bits per heavy atom. The van der Waals surface area contributed by atoms with Gasteiger partial charge in [0.1, 0.15) is 0 Å². The summed E-state index contributed by atoms with van der Waals surface area (Å²) in [6.07, 6.45) is 21.1. The second-order valence-corrected chi connectivity index (χ2v) is 12.5. The molecule has 5 heteroatoms. The van der Waals surface area contributed by atoms with Gasteiger partial charge >= 0.3 is 8.80 Å². The van der Waals surface area contributed by atoms with Gasteiger partial charge in [-0.2, -0.15) is 0 Å². The Morgan fingerprint density at radius 3 is 1.27 bits per heavy atom. The summed E-state index contributed by atoms with van der Waals surface area (Å²) < 4.78 is 17.8. The van der Waals surface area contributed by atoms with Gasteiger partial charge in [0.15, 0.2) is 0 Å². The maximum absolute atomic E-state index is 5.56. The molecule has 0 bridgehead atoms. The maximum Gasteiger partial charge on any atom is 0.500 e. The van der Waals surface area contributed by atoms with E-state index in [0.717, 1.165) is 16.9 Å². The van der Waals surface area contributed by atoms with Gasteiger partial charge in [0.05, 0.1) is 26.7 Å². The van der Waals surface area contributed by atoms with Gasteiger partial charge < -0.3 is 17.8 Å². The Hall–Kier alpha value is 0.0569. The highest BCUT2D eigenvalue weighted by Crippen LogP contribution is 2.18. The molecule has 0 aromatic rings. The van der Waals surface area contributed by atoms with Crippen LogP contribution in [0.15, 0.2) is 0 Å². The molecule has 0 aromatic heterocycles. The van der Waals surface area contributed by atoms with Crippen LogP contribution < -0.4 is 0 Å². The van der Waals surface area contributed by atoms with E-state index in [9.17, 15) is 0 Å². The number of rotatable bonds is 23. The molecule has 0 fully saturated rings.